The highest BCUT2D eigenvalue weighted by molar-refractivity contribution is 5.53. The van der Waals surface area contributed by atoms with Gasteiger partial charge in [0.25, 0.3) is 5.89 Å². The Hall–Kier alpha value is -1.72. The zero-order valence-corrected chi connectivity index (χ0v) is 10.9. The van der Waals surface area contributed by atoms with Gasteiger partial charge in [0.05, 0.1) is 12.6 Å². The zero-order chi connectivity index (χ0) is 13.2. The molecule has 2 aromatic rings. The van der Waals surface area contributed by atoms with Gasteiger partial charge in [0.15, 0.2) is 5.82 Å². The molecule has 1 fully saturated rings. The van der Waals surface area contributed by atoms with Crippen molar-refractivity contribution in [1.29, 1.82) is 0 Å². The zero-order valence-electron chi connectivity index (χ0n) is 10.9. The molecule has 1 aromatic heterocycles. The smallest absolute Gasteiger partial charge is 0.257 e. The number of hydrogen-bond donors (Lipinski definition) is 1. The minimum Gasteiger partial charge on any atom is -0.392 e. The molecule has 5 heteroatoms. The Bertz CT molecular complexity index is 550. The van der Waals surface area contributed by atoms with Gasteiger partial charge in [0.1, 0.15) is 0 Å². The first kappa shape index (κ1) is 12.3. The van der Waals surface area contributed by atoms with Crippen LogP contribution in [0.5, 0.6) is 0 Å². The number of aryl methyl sites for hydroxylation is 1. The molecule has 1 saturated heterocycles. The van der Waals surface area contributed by atoms with Crippen molar-refractivity contribution in [1.82, 2.24) is 15.0 Å². The molecular weight excluding hydrogens is 242 g/mol. The molecule has 0 amide bonds. The number of β-amino-alcohol motifs (C(OH)–C–C–N with tert-alkyl or cyclic N) is 1. The van der Waals surface area contributed by atoms with Crippen LogP contribution in [-0.2, 0) is 6.54 Å². The van der Waals surface area contributed by atoms with Gasteiger partial charge in [-0.05, 0) is 25.5 Å². The second-order valence-electron chi connectivity index (χ2n) is 5.06. The van der Waals surface area contributed by atoms with Crippen LogP contribution in [0.25, 0.3) is 11.5 Å². The van der Waals surface area contributed by atoms with E-state index in [9.17, 15) is 5.11 Å². The molecule has 0 radical (unpaired) electrons. The van der Waals surface area contributed by atoms with Crippen molar-refractivity contribution in [3.63, 3.8) is 0 Å². The highest BCUT2D eigenvalue weighted by Crippen LogP contribution is 2.19. The summed E-state index contributed by atoms with van der Waals surface area (Å²) in [5.74, 6) is 1.22. The highest BCUT2D eigenvalue weighted by Gasteiger charge is 2.21. The second kappa shape index (κ2) is 5.11. The summed E-state index contributed by atoms with van der Waals surface area (Å²) in [6, 6.07) is 8.00. The quantitative estimate of drug-likeness (QED) is 0.907. The van der Waals surface area contributed by atoms with Gasteiger partial charge in [-0.25, -0.2) is 0 Å². The summed E-state index contributed by atoms with van der Waals surface area (Å²) in [5, 5.41) is 13.5. The van der Waals surface area contributed by atoms with Crippen molar-refractivity contribution in [2.45, 2.75) is 26.0 Å². The molecule has 19 heavy (non-hydrogen) atoms. The van der Waals surface area contributed by atoms with E-state index >= 15 is 0 Å². The maximum Gasteiger partial charge on any atom is 0.257 e. The Labute approximate surface area is 111 Å². The molecule has 3 rings (SSSR count). The summed E-state index contributed by atoms with van der Waals surface area (Å²) in [5.41, 5.74) is 2.14. The van der Waals surface area contributed by atoms with Gasteiger partial charge in [-0.1, -0.05) is 22.9 Å². The van der Waals surface area contributed by atoms with Gasteiger partial charge >= 0.3 is 0 Å². The predicted molar refractivity (Wildman–Crippen MR) is 70.4 cm³/mol. The van der Waals surface area contributed by atoms with Crippen LogP contribution < -0.4 is 0 Å². The van der Waals surface area contributed by atoms with Gasteiger partial charge in [0, 0.05) is 18.7 Å². The molecule has 0 aliphatic carbocycles. The van der Waals surface area contributed by atoms with Crippen molar-refractivity contribution in [3.8, 4) is 11.5 Å². The largest absolute Gasteiger partial charge is 0.392 e. The monoisotopic (exact) mass is 259 g/mol. The molecule has 1 aliphatic rings. The number of benzene rings is 1. The van der Waals surface area contributed by atoms with E-state index in [2.05, 4.69) is 15.0 Å². The first-order valence-corrected chi connectivity index (χ1v) is 6.51. The standard InChI is InChI=1S/C14H17N3O2/c1-10-2-4-11(5-3-10)14-15-13(16-19-14)9-17-7-6-12(18)8-17/h2-5,12,18H,6-9H2,1H3/t12-/m0/s1. The molecule has 100 valence electrons. The van der Waals surface area contributed by atoms with E-state index in [0.717, 1.165) is 18.5 Å². The average Bonchev–Trinajstić information content (AvgIpc) is 3.00. The predicted octanol–water partition coefficient (Wildman–Crippen LogP) is 1.61. The fraction of sp³-hybridized carbons (Fsp3) is 0.429. The Morgan fingerprint density at radius 2 is 2.16 bits per heavy atom. The second-order valence-corrected chi connectivity index (χ2v) is 5.06. The maximum atomic E-state index is 9.48. The van der Waals surface area contributed by atoms with E-state index in [1.807, 2.05) is 31.2 Å². The van der Waals surface area contributed by atoms with Crippen LogP contribution in [0.3, 0.4) is 0 Å². The van der Waals surface area contributed by atoms with Gasteiger partial charge < -0.3 is 9.63 Å². The van der Waals surface area contributed by atoms with Gasteiger partial charge in [-0.3, -0.25) is 4.90 Å². The van der Waals surface area contributed by atoms with E-state index in [1.54, 1.807) is 0 Å². The first-order valence-electron chi connectivity index (χ1n) is 6.51. The number of aliphatic hydroxyl groups is 1. The third-order valence-corrected chi connectivity index (χ3v) is 3.38. The molecule has 5 nitrogen and oxygen atoms in total. The lowest BCUT2D eigenvalue weighted by atomic mass is 10.1. The Morgan fingerprint density at radius 1 is 1.37 bits per heavy atom. The lowest BCUT2D eigenvalue weighted by Gasteiger charge is -2.10. The number of rotatable bonds is 3. The van der Waals surface area contributed by atoms with Crippen molar-refractivity contribution < 1.29 is 9.63 Å². The van der Waals surface area contributed by atoms with Gasteiger partial charge in [-0.15, -0.1) is 0 Å². The van der Waals surface area contributed by atoms with Gasteiger partial charge in [-0.2, -0.15) is 4.98 Å². The van der Waals surface area contributed by atoms with Crippen LogP contribution in [0.1, 0.15) is 17.8 Å². The van der Waals surface area contributed by atoms with E-state index in [1.165, 1.54) is 5.56 Å². The molecule has 1 atom stereocenters. The lowest BCUT2D eigenvalue weighted by Crippen LogP contribution is -2.22. The number of nitrogens with zero attached hydrogens (tertiary/aromatic N) is 3. The first-order chi connectivity index (χ1) is 9.20. The topological polar surface area (TPSA) is 62.4 Å². The van der Waals surface area contributed by atoms with Crippen molar-refractivity contribution in [2.24, 2.45) is 0 Å². The third kappa shape index (κ3) is 2.83. The minimum absolute atomic E-state index is 0.219. The molecule has 1 aromatic carbocycles. The molecule has 0 bridgehead atoms. The summed E-state index contributed by atoms with van der Waals surface area (Å²) in [7, 11) is 0. The van der Waals surface area contributed by atoms with Crippen LogP contribution in [0.4, 0.5) is 0 Å². The molecule has 2 heterocycles. The Kier molecular flexibility index (Phi) is 3.31. The Balaban J connectivity index is 1.71. The van der Waals surface area contributed by atoms with Crippen LogP contribution in [-0.4, -0.2) is 39.3 Å². The fourth-order valence-corrected chi connectivity index (χ4v) is 2.29. The van der Waals surface area contributed by atoms with E-state index in [0.29, 0.717) is 24.8 Å². The summed E-state index contributed by atoms with van der Waals surface area (Å²) < 4.78 is 5.28. The molecule has 1 N–H and O–H groups in total. The summed E-state index contributed by atoms with van der Waals surface area (Å²) in [6.45, 7) is 4.25. The van der Waals surface area contributed by atoms with Crippen molar-refractivity contribution >= 4 is 0 Å². The fourth-order valence-electron chi connectivity index (χ4n) is 2.29. The molecule has 0 saturated carbocycles. The van der Waals surface area contributed by atoms with Crippen LogP contribution in [0.15, 0.2) is 28.8 Å². The molecule has 1 aliphatic heterocycles. The van der Waals surface area contributed by atoms with Crippen LogP contribution in [0.2, 0.25) is 0 Å². The summed E-state index contributed by atoms with van der Waals surface area (Å²) in [6.07, 6.45) is 0.603. The minimum atomic E-state index is -0.219. The molecular formula is C14H17N3O2. The third-order valence-electron chi connectivity index (χ3n) is 3.38. The van der Waals surface area contributed by atoms with Crippen LogP contribution >= 0.6 is 0 Å². The SMILES string of the molecule is Cc1ccc(-c2nc(CN3CC[C@H](O)C3)no2)cc1. The summed E-state index contributed by atoms with van der Waals surface area (Å²) in [4.78, 5) is 6.53. The number of hydrogen-bond acceptors (Lipinski definition) is 5. The van der Waals surface area contributed by atoms with E-state index in [4.69, 9.17) is 4.52 Å². The molecule has 0 spiro atoms. The summed E-state index contributed by atoms with van der Waals surface area (Å²) >= 11 is 0. The number of aliphatic hydroxyl groups excluding tert-OH is 1. The maximum absolute atomic E-state index is 9.48. The number of likely N-dealkylation sites (tertiary alicyclic amines) is 1. The van der Waals surface area contributed by atoms with E-state index < -0.39 is 0 Å². The van der Waals surface area contributed by atoms with Gasteiger partial charge in [0.2, 0.25) is 0 Å². The highest BCUT2D eigenvalue weighted by atomic mass is 16.5. The average molecular weight is 259 g/mol. The normalized spacial score (nSPS) is 20.0. The van der Waals surface area contributed by atoms with Crippen LogP contribution in [0, 0.1) is 6.92 Å². The number of aromatic nitrogens is 2. The Morgan fingerprint density at radius 3 is 2.84 bits per heavy atom. The van der Waals surface area contributed by atoms with E-state index in [-0.39, 0.29) is 6.10 Å². The van der Waals surface area contributed by atoms with Crippen molar-refractivity contribution in [3.05, 3.63) is 35.7 Å². The molecule has 0 unspecified atom stereocenters. The van der Waals surface area contributed by atoms with Crippen molar-refractivity contribution in [2.75, 3.05) is 13.1 Å². The lowest BCUT2D eigenvalue weighted by molar-refractivity contribution is 0.173.